The predicted molar refractivity (Wildman–Crippen MR) is 32.2 cm³/mol. The smallest absolute Gasteiger partial charge is 0.317 e. The average Bonchev–Trinajstić information content (AvgIpc) is 1.83. The van der Waals surface area contributed by atoms with Crippen LogP contribution in [-0.2, 0) is 9.53 Å². The van der Waals surface area contributed by atoms with Crippen molar-refractivity contribution in [2.45, 2.75) is 0 Å². The van der Waals surface area contributed by atoms with Gasteiger partial charge >= 0.3 is 5.97 Å². The summed E-state index contributed by atoms with van der Waals surface area (Å²) in [5, 5.41) is 0. The Kier molecular flexibility index (Phi) is 4.19. The second-order valence-electron chi connectivity index (χ2n) is 1.01. The van der Waals surface area contributed by atoms with Crippen LogP contribution in [0.5, 0.6) is 0 Å². The van der Waals surface area contributed by atoms with E-state index in [2.05, 4.69) is 23.3 Å². The van der Waals surface area contributed by atoms with Crippen LogP contribution in [-0.4, -0.2) is 18.3 Å². The molecule has 1 radical (unpaired) electrons. The third-order valence-electron chi connectivity index (χ3n) is 0.434. The molecular weight excluding hydrogens is 124 g/mol. The minimum absolute atomic E-state index is 0.0233. The van der Waals surface area contributed by atoms with Gasteiger partial charge in [-0.2, -0.15) is 0 Å². The molecule has 43 valence electrons. The van der Waals surface area contributed by atoms with Crippen LogP contribution in [0, 0.1) is 12.3 Å². The Labute approximate surface area is 53.6 Å². The zero-order chi connectivity index (χ0) is 6.41. The normalized spacial score (nSPS) is 7.50. The maximum absolute atomic E-state index is 10.1. The number of carbonyl (C=O) groups excluding carboxylic acids is 1. The molecular formula is C5H5O2S. The lowest BCUT2D eigenvalue weighted by Crippen LogP contribution is -2.04. The van der Waals surface area contributed by atoms with Crippen LogP contribution in [0.2, 0.25) is 0 Å². The highest BCUT2D eigenvalue weighted by Gasteiger charge is 1.93. The van der Waals surface area contributed by atoms with Gasteiger partial charge in [-0.25, -0.2) is 0 Å². The molecule has 0 fully saturated rings. The molecule has 0 bridgehead atoms. The van der Waals surface area contributed by atoms with Crippen molar-refractivity contribution < 1.29 is 9.53 Å². The lowest BCUT2D eigenvalue weighted by molar-refractivity contribution is -0.138. The average molecular weight is 129 g/mol. The van der Waals surface area contributed by atoms with Crippen molar-refractivity contribution in [2.24, 2.45) is 0 Å². The fourth-order valence-corrected chi connectivity index (χ4v) is 0.247. The molecule has 0 aromatic carbocycles. The molecule has 0 aliphatic carbocycles. The van der Waals surface area contributed by atoms with Gasteiger partial charge in [0.15, 0.2) is 6.61 Å². The quantitative estimate of drug-likeness (QED) is 0.397. The van der Waals surface area contributed by atoms with Crippen LogP contribution in [0.1, 0.15) is 0 Å². The first-order valence-corrected chi connectivity index (χ1v) is 2.56. The topological polar surface area (TPSA) is 26.3 Å². The number of rotatable bonds is 2. The Balaban J connectivity index is 3.15. The fraction of sp³-hybridized carbons (Fsp3) is 0.400. The van der Waals surface area contributed by atoms with E-state index < -0.39 is 5.97 Å². The van der Waals surface area contributed by atoms with Gasteiger partial charge in [-0.1, -0.05) is 18.5 Å². The van der Waals surface area contributed by atoms with Gasteiger partial charge in [0.1, 0.15) is 5.75 Å². The standard InChI is InChI=1S/C5H5O2S/c1-2-3-7-5(6)4-8/h1H,3-4H2. The maximum atomic E-state index is 10.1. The highest BCUT2D eigenvalue weighted by molar-refractivity contribution is 7.81. The molecule has 0 unspecified atom stereocenters. The van der Waals surface area contributed by atoms with Gasteiger partial charge in [-0.3, -0.25) is 4.79 Å². The van der Waals surface area contributed by atoms with E-state index >= 15 is 0 Å². The number of ether oxygens (including phenoxy) is 1. The van der Waals surface area contributed by atoms with E-state index in [4.69, 9.17) is 6.42 Å². The van der Waals surface area contributed by atoms with Crippen LogP contribution in [0.15, 0.2) is 0 Å². The van der Waals surface area contributed by atoms with Crippen LogP contribution in [0.3, 0.4) is 0 Å². The van der Waals surface area contributed by atoms with Crippen molar-refractivity contribution in [3.63, 3.8) is 0 Å². The Hall–Kier alpha value is -0.620. The minimum atomic E-state index is -0.432. The van der Waals surface area contributed by atoms with Crippen LogP contribution < -0.4 is 0 Å². The monoisotopic (exact) mass is 129 g/mol. The van der Waals surface area contributed by atoms with Crippen molar-refractivity contribution in [3.05, 3.63) is 0 Å². The molecule has 0 saturated carbocycles. The minimum Gasteiger partial charge on any atom is -0.452 e. The van der Waals surface area contributed by atoms with Gasteiger partial charge in [0.2, 0.25) is 0 Å². The zero-order valence-corrected chi connectivity index (χ0v) is 5.03. The molecule has 2 nitrogen and oxygen atoms in total. The number of carbonyl (C=O) groups is 1. The number of esters is 1. The number of hydrogen-bond acceptors (Lipinski definition) is 2. The molecule has 0 rings (SSSR count). The first-order valence-electron chi connectivity index (χ1n) is 1.98. The predicted octanol–water partition coefficient (Wildman–Crippen LogP) is 0.360. The van der Waals surface area contributed by atoms with E-state index in [1.54, 1.807) is 0 Å². The summed E-state index contributed by atoms with van der Waals surface area (Å²) < 4.78 is 4.36. The largest absolute Gasteiger partial charge is 0.452 e. The maximum Gasteiger partial charge on any atom is 0.317 e. The summed E-state index contributed by atoms with van der Waals surface area (Å²) >= 11 is 4.34. The zero-order valence-electron chi connectivity index (χ0n) is 4.22. The van der Waals surface area contributed by atoms with Gasteiger partial charge in [-0.05, 0) is 0 Å². The second kappa shape index (κ2) is 4.54. The van der Waals surface area contributed by atoms with E-state index in [0.717, 1.165) is 0 Å². The van der Waals surface area contributed by atoms with Crippen molar-refractivity contribution in [1.29, 1.82) is 0 Å². The van der Waals surface area contributed by atoms with Gasteiger partial charge in [0.25, 0.3) is 0 Å². The molecule has 0 atom stereocenters. The second-order valence-corrected chi connectivity index (χ2v) is 1.30. The molecule has 0 spiro atoms. The molecule has 8 heavy (non-hydrogen) atoms. The van der Waals surface area contributed by atoms with Gasteiger partial charge in [-0.15, -0.1) is 6.42 Å². The highest BCUT2D eigenvalue weighted by atomic mass is 32.1. The Bertz CT molecular complexity index is 114. The van der Waals surface area contributed by atoms with E-state index in [1.807, 2.05) is 0 Å². The Morgan fingerprint density at radius 3 is 2.88 bits per heavy atom. The third-order valence-corrected chi connectivity index (χ3v) is 0.670. The molecule has 0 amide bonds. The van der Waals surface area contributed by atoms with Crippen molar-refractivity contribution in [3.8, 4) is 12.3 Å². The molecule has 3 heteroatoms. The first-order chi connectivity index (χ1) is 3.81. The summed E-state index contributed by atoms with van der Waals surface area (Å²) in [5.41, 5.74) is 0. The van der Waals surface area contributed by atoms with Crippen molar-refractivity contribution in [2.75, 3.05) is 12.4 Å². The van der Waals surface area contributed by atoms with Crippen LogP contribution in [0.4, 0.5) is 0 Å². The first kappa shape index (κ1) is 7.38. The van der Waals surface area contributed by atoms with Crippen molar-refractivity contribution >= 4 is 18.6 Å². The summed E-state index contributed by atoms with van der Waals surface area (Å²) in [5.74, 6) is 1.69. The molecule has 0 heterocycles. The summed E-state index contributed by atoms with van der Waals surface area (Å²) in [6.45, 7) is 0.0233. The van der Waals surface area contributed by atoms with Gasteiger partial charge < -0.3 is 4.74 Å². The highest BCUT2D eigenvalue weighted by Crippen LogP contribution is 1.79. The summed E-state index contributed by atoms with van der Waals surface area (Å²) in [6, 6.07) is 0. The summed E-state index contributed by atoms with van der Waals surface area (Å²) in [4.78, 5) is 10.1. The molecule has 0 aliphatic heterocycles. The third kappa shape index (κ3) is 3.57. The SMILES string of the molecule is C#CCOC(=O)C[S]. The van der Waals surface area contributed by atoms with Gasteiger partial charge in [0.05, 0.1) is 0 Å². The van der Waals surface area contributed by atoms with Crippen LogP contribution in [0.25, 0.3) is 0 Å². The lowest BCUT2D eigenvalue weighted by atomic mass is 10.7. The summed E-state index contributed by atoms with van der Waals surface area (Å²) in [6.07, 6.45) is 4.77. The van der Waals surface area contributed by atoms with Crippen molar-refractivity contribution in [1.82, 2.24) is 0 Å². The van der Waals surface area contributed by atoms with Crippen LogP contribution >= 0.6 is 12.6 Å². The Morgan fingerprint density at radius 2 is 2.50 bits per heavy atom. The number of hydrogen-bond donors (Lipinski definition) is 0. The van der Waals surface area contributed by atoms with Gasteiger partial charge in [0, 0.05) is 0 Å². The molecule has 0 saturated heterocycles. The molecule has 0 aromatic heterocycles. The van der Waals surface area contributed by atoms with E-state index in [-0.39, 0.29) is 12.4 Å². The lowest BCUT2D eigenvalue weighted by Gasteiger charge is -1.92. The van der Waals surface area contributed by atoms with E-state index in [0.29, 0.717) is 0 Å². The Morgan fingerprint density at radius 1 is 1.88 bits per heavy atom. The number of terminal acetylenes is 1. The van der Waals surface area contributed by atoms with E-state index in [9.17, 15) is 4.79 Å². The molecule has 0 aliphatic rings. The molecule has 0 aromatic rings. The summed E-state index contributed by atoms with van der Waals surface area (Å²) in [7, 11) is 0. The molecule has 0 N–H and O–H groups in total. The fourth-order valence-electron chi connectivity index (χ4n) is 0.164. The van der Waals surface area contributed by atoms with E-state index in [1.165, 1.54) is 0 Å².